The molecular formula is C14H14N4O4. The Balaban J connectivity index is 1.89. The molecule has 0 aliphatic heterocycles. The number of aromatic nitrogens is 2. The van der Waals surface area contributed by atoms with Gasteiger partial charge in [0.25, 0.3) is 11.6 Å². The standard InChI is InChI=1S/C14H14N4O4/c1-9-7-14(17-16-10(9)2)22-8-13(19)15-11-3-5-12(6-4-11)18(20)21/h3-7H,8H2,1-2H3,(H,15,19). The normalized spacial score (nSPS) is 10.1. The number of rotatable bonds is 5. The Morgan fingerprint density at radius 2 is 1.95 bits per heavy atom. The minimum Gasteiger partial charge on any atom is -0.466 e. The van der Waals surface area contributed by atoms with Gasteiger partial charge >= 0.3 is 0 Å². The van der Waals surface area contributed by atoms with Crippen LogP contribution in [0.25, 0.3) is 0 Å². The van der Waals surface area contributed by atoms with Crippen LogP contribution >= 0.6 is 0 Å². The second-order valence-corrected chi connectivity index (χ2v) is 4.59. The molecule has 0 bridgehead atoms. The molecule has 0 fully saturated rings. The van der Waals surface area contributed by atoms with E-state index in [-0.39, 0.29) is 18.2 Å². The van der Waals surface area contributed by atoms with Crippen LogP contribution < -0.4 is 10.1 Å². The van der Waals surface area contributed by atoms with Crippen molar-refractivity contribution < 1.29 is 14.5 Å². The quantitative estimate of drug-likeness (QED) is 0.668. The third-order valence-electron chi connectivity index (χ3n) is 2.92. The monoisotopic (exact) mass is 302 g/mol. The smallest absolute Gasteiger partial charge is 0.269 e. The topological polar surface area (TPSA) is 107 Å². The van der Waals surface area contributed by atoms with Crippen LogP contribution in [0.5, 0.6) is 5.88 Å². The number of anilines is 1. The van der Waals surface area contributed by atoms with E-state index in [9.17, 15) is 14.9 Å². The Morgan fingerprint density at radius 1 is 1.27 bits per heavy atom. The van der Waals surface area contributed by atoms with Gasteiger partial charge in [-0.05, 0) is 31.5 Å². The Bertz CT molecular complexity index is 700. The van der Waals surface area contributed by atoms with Crippen molar-refractivity contribution in [3.8, 4) is 5.88 Å². The highest BCUT2D eigenvalue weighted by Crippen LogP contribution is 2.15. The molecule has 0 aliphatic rings. The molecular weight excluding hydrogens is 288 g/mol. The molecule has 2 rings (SSSR count). The molecule has 22 heavy (non-hydrogen) atoms. The van der Waals surface area contributed by atoms with E-state index in [4.69, 9.17) is 4.74 Å². The van der Waals surface area contributed by atoms with Crippen LogP contribution in [0.2, 0.25) is 0 Å². The summed E-state index contributed by atoms with van der Waals surface area (Å²) < 4.78 is 5.24. The number of benzene rings is 1. The maximum absolute atomic E-state index is 11.7. The largest absolute Gasteiger partial charge is 0.466 e. The molecule has 8 nitrogen and oxygen atoms in total. The number of hydrogen-bond acceptors (Lipinski definition) is 6. The van der Waals surface area contributed by atoms with Crippen molar-refractivity contribution in [1.82, 2.24) is 10.2 Å². The van der Waals surface area contributed by atoms with Gasteiger partial charge in [-0.15, -0.1) is 5.10 Å². The van der Waals surface area contributed by atoms with Crippen molar-refractivity contribution in [2.45, 2.75) is 13.8 Å². The van der Waals surface area contributed by atoms with Gasteiger partial charge in [-0.25, -0.2) is 0 Å². The number of ether oxygens (including phenoxy) is 1. The Kier molecular flexibility index (Phi) is 4.62. The minimum absolute atomic E-state index is 0.0420. The number of nitrogens with one attached hydrogen (secondary N) is 1. The van der Waals surface area contributed by atoms with Gasteiger partial charge in [-0.2, -0.15) is 5.10 Å². The van der Waals surface area contributed by atoms with Crippen LogP contribution in [-0.4, -0.2) is 27.6 Å². The van der Waals surface area contributed by atoms with Gasteiger partial charge in [-0.1, -0.05) is 0 Å². The summed E-state index contributed by atoms with van der Waals surface area (Å²) in [7, 11) is 0. The molecule has 0 spiro atoms. The molecule has 0 radical (unpaired) electrons. The first-order chi connectivity index (χ1) is 10.5. The molecule has 1 aromatic heterocycles. The number of aryl methyl sites for hydroxylation is 2. The predicted molar refractivity (Wildman–Crippen MR) is 78.7 cm³/mol. The fraction of sp³-hybridized carbons (Fsp3) is 0.214. The molecule has 1 aromatic carbocycles. The van der Waals surface area contributed by atoms with Crippen LogP contribution in [-0.2, 0) is 4.79 Å². The average Bonchev–Trinajstić information content (AvgIpc) is 2.49. The second kappa shape index (κ2) is 6.61. The molecule has 0 aliphatic carbocycles. The third-order valence-corrected chi connectivity index (χ3v) is 2.92. The van der Waals surface area contributed by atoms with Crippen LogP contribution in [0.1, 0.15) is 11.3 Å². The molecule has 0 saturated heterocycles. The molecule has 1 N–H and O–H groups in total. The van der Waals surface area contributed by atoms with Crippen molar-refractivity contribution in [1.29, 1.82) is 0 Å². The number of nitrogens with zero attached hydrogens (tertiary/aromatic N) is 3. The van der Waals surface area contributed by atoms with Gasteiger partial charge in [0, 0.05) is 23.9 Å². The summed E-state index contributed by atoms with van der Waals surface area (Å²) in [5, 5.41) is 20.8. The second-order valence-electron chi connectivity index (χ2n) is 4.59. The van der Waals surface area contributed by atoms with E-state index in [0.717, 1.165) is 11.3 Å². The van der Waals surface area contributed by atoms with Crippen LogP contribution in [0, 0.1) is 24.0 Å². The first-order valence-electron chi connectivity index (χ1n) is 6.44. The number of hydrogen-bond donors (Lipinski definition) is 1. The zero-order chi connectivity index (χ0) is 16.1. The van der Waals surface area contributed by atoms with Crippen molar-refractivity contribution in [3.63, 3.8) is 0 Å². The third kappa shape index (κ3) is 3.98. The lowest BCUT2D eigenvalue weighted by Crippen LogP contribution is -2.20. The summed E-state index contributed by atoms with van der Waals surface area (Å²) >= 11 is 0. The fourth-order valence-corrected chi connectivity index (χ4v) is 1.60. The lowest BCUT2D eigenvalue weighted by atomic mass is 10.2. The van der Waals surface area contributed by atoms with Crippen LogP contribution in [0.4, 0.5) is 11.4 Å². The van der Waals surface area contributed by atoms with Crippen molar-refractivity contribution in [2.24, 2.45) is 0 Å². The summed E-state index contributed by atoms with van der Waals surface area (Å²) in [4.78, 5) is 21.8. The van der Waals surface area contributed by atoms with E-state index in [2.05, 4.69) is 15.5 Å². The number of carbonyl (C=O) groups excluding carboxylic acids is 1. The molecule has 114 valence electrons. The van der Waals surface area contributed by atoms with E-state index >= 15 is 0 Å². The van der Waals surface area contributed by atoms with Crippen LogP contribution in [0.3, 0.4) is 0 Å². The Morgan fingerprint density at radius 3 is 2.55 bits per heavy atom. The van der Waals surface area contributed by atoms with E-state index in [0.29, 0.717) is 5.69 Å². The molecule has 8 heteroatoms. The fourth-order valence-electron chi connectivity index (χ4n) is 1.60. The first kappa shape index (κ1) is 15.4. The maximum atomic E-state index is 11.7. The Hall–Kier alpha value is -3.03. The van der Waals surface area contributed by atoms with E-state index in [1.54, 1.807) is 6.07 Å². The zero-order valence-electron chi connectivity index (χ0n) is 12.1. The highest BCUT2D eigenvalue weighted by Gasteiger charge is 2.08. The summed E-state index contributed by atoms with van der Waals surface area (Å²) in [5.41, 5.74) is 2.12. The first-order valence-corrected chi connectivity index (χ1v) is 6.44. The number of carbonyl (C=O) groups is 1. The van der Waals surface area contributed by atoms with Gasteiger partial charge in [0.15, 0.2) is 6.61 Å². The summed E-state index contributed by atoms with van der Waals surface area (Å²) in [5.74, 6) is -0.129. The number of nitro benzene ring substituents is 1. The molecule has 0 atom stereocenters. The number of non-ortho nitro benzene ring substituents is 1. The summed E-state index contributed by atoms with van der Waals surface area (Å²) in [6.07, 6.45) is 0. The van der Waals surface area contributed by atoms with E-state index < -0.39 is 10.8 Å². The van der Waals surface area contributed by atoms with Gasteiger partial charge in [0.2, 0.25) is 5.88 Å². The highest BCUT2D eigenvalue weighted by molar-refractivity contribution is 5.91. The average molecular weight is 302 g/mol. The number of amides is 1. The molecule has 1 amide bonds. The Labute approximate surface area is 126 Å². The predicted octanol–water partition coefficient (Wildman–Crippen LogP) is 2.02. The van der Waals surface area contributed by atoms with Crippen molar-refractivity contribution in [3.05, 3.63) is 51.7 Å². The van der Waals surface area contributed by atoms with Gasteiger partial charge in [0.1, 0.15) is 0 Å². The molecule has 2 aromatic rings. The van der Waals surface area contributed by atoms with Gasteiger partial charge < -0.3 is 10.1 Å². The zero-order valence-corrected chi connectivity index (χ0v) is 12.1. The number of nitro groups is 1. The minimum atomic E-state index is -0.507. The highest BCUT2D eigenvalue weighted by atomic mass is 16.6. The molecule has 0 unspecified atom stereocenters. The maximum Gasteiger partial charge on any atom is 0.269 e. The lowest BCUT2D eigenvalue weighted by Gasteiger charge is -2.07. The van der Waals surface area contributed by atoms with Crippen molar-refractivity contribution >= 4 is 17.3 Å². The van der Waals surface area contributed by atoms with Gasteiger partial charge in [0.05, 0.1) is 10.6 Å². The summed E-state index contributed by atoms with van der Waals surface area (Å²) in [6, 6.07) is 7.22. The SMILES string of the molecule is Cc1cc(OCC(=O)Nc2ccc([N+](=O)[O-])cc2)nnc1C. The lowest BCUT2D eigenvalue weighted by molar-refractivity contribution is -0.384. The van der Waals surface area contributed by atoms with Crippen molar-refractivity contribution in [2.75, 3.05) is 11.9 Å². The van der Waals surface area contributed by atoms with Crippen LogP contribution in [0.15, 0.2) is 30.3 Å². The van der Waals surface area contributed by atoms with Gasteiger partial charge in [-0.3, -0.25) is 14.9 Å². The van der Waals surface area contributed by atoms with E-state index in [1.165, 1.54) is 24.3 Å². The van der Waals surface area contributed by atoms with E-state index in [1.807, 2.05) is 13.8 Å². The molecule has 0 saturated carbocycles. The summed E-state index contributed by atoms with van der Waals surface area (Å²) in [6.45, 7) is 3.47. The molecule has 1 heterocycles.